The van der Waals surface area contributed by atoms with Gasteiger partial charge in [-0.15, -0.1) is 0 Å². The predicted octanol–water partition coefficient (Wildman–Crippen LogP) is 4.50. The van der Waals surface area contributed by atoms with Crippen LogP contribution in [0.25, 0.3) is 0 Å². The Bertz CT molecular complexity index is 1140. The molecule has 8 nitrogen and oxygen atoms in total. The van der Waals surface area contributed by atoms with E-state index in [2.05, 4.69) is 25.6 Å². The molecule has 1 aromatic carbocycles. The lowest BCUT2D eigenvalue weighted by Crippen LogP contribution is -2.40. The standard InChI is InChI=1S/C26H32N6O2/c1-17-7-5-8-21(15-17)34-25-22(9-6-14-27-25)24(33)29-19-10-12-20(13-11-19)30-26-28-16-18(2)23(31-26)32(3)4/h5-9,14-16,19-20H,10-13H2,1-4H3,(H,29,33)(H,28,30,31)/t19-,20+. The van der Waals surface area contributed by atoms with Gasteiger partial charge >= 0.3 is 0 Å². The molecule has 4 rings (SSSR count). The fraction of sp³-hybridized carbons (Fsp3) is 0.385. The zero-order valence-electron chi connectivity index (χ0n) is 20.2. The highest BCUT2D eigenvalue weighted by molar-refractivity contribution is 5.96. The number of aromatic nitrogens is 3. The number of rotatable bonds is 7. The minimum atomic E-state index is -0.162. The normalized spacial score (nSPS) is 17.6. The highest BCUT2D eigenvalue weighted by Gasteiger charge is 2.25. The number of ether oxygens (including phenoxy) is 1. The largest absolute Gasteiger partial charge is 0.438 e. The lowest BCUT2D eigenvalue weighted by atomic mass is 9.91. The fourth-order valence-electron chi connectivity index (χ4n) is 4.22. The van der Waals surface area contributed by atoms with Crippen molar-refractivity contribution in [1.82, 2.24) is 20.3 Å². The summed E-state index contributed by atoms with van der Waals surface area (Å²) in [6.07, 6.45) is 7.10. The summed E-state index contributed by atoms with van der Waals surface area (Å²) in [5.41, 5.74) is 2.57. The van der Waals surface area contributed by atoms with Gasteiger partial charge in [-0.2, -0.15) is 4.98 Å². The number of hydrogen-bond donors (Lipinski definition) is 2. The van der Waals surface area contributed by atoms with Gasteiger partial charge in [-0.3, -0.25) is 4.79 Å². The van der Waals surface area contributed by atoms with Crippen molar-refractivity contribution in [2.75, 3.05) is 24.3 Å². The first-order valence-electron chi connectivity index (χ1n) is 11.7. The third-order valence-corrected chi connectivity index (χ3v) is 5.98. The molecule has 3 aromatic rings. The van der Waals surface area contributed by atoms with Crippen LogP contribution in [0.1, 0.15) is 47.2 Å². The molecule has 2 heterocycles. The second-order valence-corrected chi connectivity index (χ2v) is 9.04. The van der Waals surface area contributed by atoms with E-state index in [0.717, 1.165) is 42.6 Å². The average Bonchev–Trinajstić information content (AvgIpc) is 2.82. The smallest absolute Gasteiger partial charge is 0.257 e. The van der Waals surface area contributed by atoms with E-state index < -0.39 is 0 Å². The van der Waals surface area contributed by atoms with Crippen molar-refractivity contribution >= 4 is 17.7 Å². The van der Waals surface area contributed by atoms with Gasteiger partial charge < -0.3 is 20.3 Å². The van der Waals surface area contributed by atoms with Crippen LogP contribution >= 0.6 is 0 Å². The molecular formula is C26H32N6O2. The Hall–Kier alpha value is -3.68. The molecule has 2 aromatic heterocycles. The van der Waals surface area contributed by atoms with Crippen molar-refractivity contribution in [2.24, 2.45) is 0 Å². The number of aryl methyl sites for hydroxylation is 2. The van der Waals surface area contributed by atoms with E-state index in [0.29, 0.717) is 23.1 Å². The molecule has 1 fully saturated rings. The summed E-state index contributed by atoms with van der Waals surface area (Å²) in [4.78, 5) is 28.4. The molecule has 178 valence electrons. The van der Waals surface area contributed by atoms with E-state index in [1.54, 1.807) is 18.3 Å². The molecule has 1 amide bonds. The van der Waals surface area contributed by atoms with Crippen LogP contribution in [0.5, 0.6) is 11.6 Å². The zero-order chi connectivity index (χ0) is 24.1. The van der Waals surface area contributed by atoms with Gasteiger partial charge in [0.1, 0.15) is 17.1 Å². The van der Waals surface area contributed by atoms with Gasteiger partial charge in [0.15, 0.2) is 0 Å². The van der Waals surface area contributed by atoms with E-state index >= 15 is 0 Å². The maximum absolute atomic E-state index is 13.0. The fourth-order valence-corrected chi connectivity index (χ4v) is 4.22. The van der Waals surface area contributed by atoms with E-state index in [4.69, 9.17) is 4.74 Å². The molecule has 0 saturated heterocycles. The number of carbonyl (C=O) groups excluding carboxylic acids is 1. The minimum Gasteiger partial charge on any atom is -0.438 e. The number of amides is 1. The van der Waals surface area contributed by atoms with Crippen LogP contribution in [-0.2, 0) is 0 Å². The maximum atomic E-state index is 13.0. The van der Waals surface area contributed by atoms with Crippen LogP contribution in [0.3, 0.4) is 0 Å². The van der Waals surface area contributed by atoms with Gasteiger partial charge in [0.2, 0.25) is 11.8 Å². The third-order valence-electron chi connectivity index (χ3n) is 5.98. The SMILES string of the molecule is Cc1cccc(Oc2ncccc2C(=O)N[C@H]2CC[C@@H](Nc3ncc(C)c(N(C)C)n3)CC2)c1. The zero-order valence-corrected chi connectivity index (χ0v) is 20.2. The molecule has 0 spiro atoms. The minimum absolute atomic E-state index is 0.105. The highest BCUT2D eigenvalue weighted by atomic mass is 16.5. The number of pyridine rings is 1. The molecule has 0 atom stereocenters. The van der Waals surface area contributed by atoms with Crippen molar-refractivity contribution in [3.63, 3.8) is 0 Å². The first kappa shape index (κ1) is 23.5. The van der Waals surface area contributed by atoms with E-state index in [-0.39, 0.29) is 18.0 Å². The summed E-state index contributed by atoms with van der Waals surface area (Å²) in [5, 5.41) is 6.62. The van der Waals surface area contributed by atoms with Crippen molar-refractivity contribution in [1.29, 1.82) is 0 Å². The second kappa shape index (κ2) is 10.5. The van der Waals surface area contributed by atoms with Gasteiger partial charge in [-0.05, 0) is 69.4 Å². The Kier molecular flexibility index (Phi) is 7.25. The monoisotopic (exact) mass is 460 g/mol. The van der Waals surface area contributed by atoms with Gasteiger partial charge in [0.25, 0.3) is 5.91 Å². The number of nitrogens with one attached hydrogen (secondary N) is 2. The van der Waals surface area contributed by atoms with Crippen LogP contribution in [0, 0.1) is 13.8 Å². The average molecular weight is 461 g/mol. The van der Waals surface area contributed by atoms with Gasteiger partial charge in [0, 0.05) is 44.1 Å². The Morgan fingerprint density at radius 2 is 1.79 bits per heavy atom. The number of carbonyl (C=O) groups is 1. The van der Waals surface area contributed by atoms with Crippen molar-refractivity contribution in [3.8, 4) is 11.6 Å². The number of hydrogen-bond acceptors (Lipinski definition) is 7. The van der Waals surface area contributed by atoms with Crippen LogP contribution in [0.15, 0.2) is 48.8 Å². The van der Waals surface area contributed by atoms with Crippen molar-refractivity contribution in [3.05, 3.63) is 65.5 Å². The molecule has 2 N–H and O–H groups in total. The molecule has 1 aliphatic rings. The van der Waals surface area contributed by atoms with Gasteiger partial charge in [0.05, 0.1) is 0 Å². The molecule has 1 aliphatic carbocycles. The maximum Gasteiger partial charge on any atom is 0.257 e. The number of benzene rings is 1. The summed E-state index contributed by atoms with van der Waals surface area (Å²) in [6.45, 7) is 4.00. The quantitative estimate of drug-likeness (QED) is 0.536. The topological polar surface area (TPSA) is 92.3 Å². The Labute approximate surface area is 200 Å². The molecule has 0 bridgehead atoms. The lowest BCUT2D eigenvalue weighted by molar-refractivity contribution is 0.0923. The lowest BCUT2D eigenvalue weighted by Gasteiger charge is -2.30. The molecule has 0 unspecified atom stereocenters. The predicted molar refractivity (Wildman–Crippen MR) is 134 cm³/mol. The number of anilines is 2. The molecule has 0 radical (unpaired) electrons. The van der Waals surface area contributed by atoms with Crippen LogP contribution in [0.2, 0.25) is 0 Å². The van der Waals surface area contributed by atoms with E-state index in [9.17, 15) is 4.79 Å². The molecule has 1 saturated carbocycles. The molecule has 34 heavy (non-hydrogen) atoms. The van der Waals surface area contributed by atoms with Gasteiger partial charge in [-0.25, -0.2) is 9.97 Å². The molecule has 0 aliphatic heterocycles. The van der Waals surface area contributed by atoms with Crippen molar-refractivity contribution in [2.45, 2.75) is 51.6 Å². The van der Waals surface area contributed by atoms with E-state index in [1.165, 1.54) is 0 Å². The number of nitrogens with zero attached hydrogens (tertiary/aromatic N) is 4. The van der Waals surface area contributed by atoms with Crippen LogP contribution < -0.4 is 20.3 Å². The Balaban J connectivity index is 1.33. The summed E-state index contributed by atoms with van der Waals surface area (Å²) in [7, 11) is 3.96. The summed E-state index contributed by atoms with van der Waals surface area (Å²) in [6, 6.07) is 11.6. The van der Waals surface area contributed by atoms with Gasteiger partial charge in [-0.1, -0.05) is 12.1 Å². The summed E-state index contributed by atoms with van der Waals surface area (Å²) >= 11 is 0. The first-order chi connectivity index (χ1) is 16.4. The van der Waals surface area contributed by atoms with Crippen molar-refractivity contribution < 1.29 is 9.53 Å². The van der Waals surface area contributed by atoms with Crippen LogP contribution in [0.4, 0.5) is 11.8 Å². The van der Waals surface area contributed by atoms with Crippen LogP contribution in [-0.4, -0.2) is 47.0 Å². The Morgan fingerprint density at radius 3 is 2.53 bits per heavy atom. The summed E-state index contributed by atoms with van der Waals surface area (Å²) < 4.78 is 5.92. The molecular weight excluding hydrogens is 428 g/mol. The highest BCUT2D eigenvalue weighted by Crippen LogP contribution is 2.26. The third kappa shape index (κ3) is 5.81. The summed E-state index contributed by atoms with van der Waals surface area (Å²) in [5.74, 6) is 2.38. The Morgan fingerprint density at radius 1 is 1.03 bits per heavy atom. The van der Waals surface area contributed by atoms with E-state index in [1.807, 2.05) is 63.3 Å². The molecule has 8 heteroatoms. The first-order valence-corrected chi connectivity index (χ1v) is 11.7. The second-order valence-electron chi connectivity index (χ2n) is 9.04.